The van der Waals surface area contributed by atoms with E-state index in [-0.39, 0.29) is 6.10 Å². The van der Waals surface area contributed by atoms with Crippen molar-refractivity contribution in [1.29, 1.82) is 0 Å². The highest BCUT2D eigenvalue weighted by Gasteiger charge is 2.25. The Morgan fingerprint density at radius 3 is 3.16 bits per heavy atom. The Morgan fingerprint density at radius 2 is 2.16 bits per heavy atom. The summed E-state index contributed by atoms with van der Waals surface area (Å²) in [6.07, 6.45) is 3.42. The van der Waals surface area contributed by atoms with Crippen molar-refractivity contribution in [2.75, 3.05) is 11.9 Å². The van der Waals surface area contributed by atoms with Gasteiger partial charge in [-0.2, -0.15) is 0 Å². The second-order valence-electron chi connectivity index (χ2n) is 4.33. The van der Waals surface area contributed by atoms with Crippen molar-refractivity contribution >= 4 is 11.5 Å². The van der Waals surface area contributed by atoms with Crippen molar-refractivity contribution in [2.45, 2.75) is 6.10 Å². The summed E-state index contributed by atoms with van der Waals surface area (Å²) in [5, 5.41) is 11.6. The molecular formula is C13H11N5O. The highest BCUT2D eigenvalue weighted by Crippen LogP contribution is 2.32. The number of nitrogens with zero attached hydrogens (tertiary/aromatic N) is 4. The number of anilines is 1. The molecular weight excluding hydrogens is 242 g/mol. The third-order valence-corrected chi connectivity index (χ3v) is 3.14. The van der Waals surface area contributed by atoms with Gasteiger partial charge in [-0.15, -0.1) is 10.2 Å². The van der Waals surface area contributed by atoms with Gasteiger partial charge in [0, 0.05) is 12.4 Å². The van der Waals surface area contributed by atoms with Gasteiger partial charge in [-0.1, -0.05) is 12.1 Å². The molecule has 0 amide bonds. The topological polar surface area (TPSA) is 64.3 Å². The molecule has 4 rings (SSSR count). The van der Waals surface area contributed by atoms with Gasteiger partial charge < -0.3 is 10.1 Å². The molecule has 1 aliphatic rings. The van der Waals surface area contributed by atoms with Gasteiger partial charge in [0.25, 0.3) is 5.78 Å². The Morgan fingerprint density at radius 1 is 1.21 bits per heavy atom. The maximum atomic E-state index is 5.97. The Balaban J connectivity index is 1.75. The third kappa shape index (κ3) is 1.61. The second kappa shape index (κ2) is 3.94. The summed E-state index contributed by atoms with van der Waals surface area (Å²) in [6, 6.07) is 9.72. The van der Waals surface area contributed by atoms with Crippen molar-refractivity contribution in [3.63, 3.8) is 0 Å². The van der Waals surface area contributed by atoms with E-state index in [0.29, 0.717) is 12.3 Å². The smallest absolute Gasteiger partial charge is 0.255 e. The zero-order valence-corrected chi connectivity index (χ0v) is 10.0. The number of hydrogen-bond donors (Lipinski definition) is 1. The number of hydrogen-bond acceptors (Lipinski definition) is 5. The largest absolute Gasteiger partial charge is 0.478 e. The van der Waals surface area contributed by atoms with Crippen LogP contribution in [0.3, 0.4) is 0 Å². The fourth-order valence-electron chi connectivity index (χ4n) is 2.24. The van der Waals surface area contributed by atoms with Crippen molar-refractivity contribution in [3.8, 4) is 5.75 Å². The first-order valence-corrected chi connectivity index (χ1v) is 6.07. The molecule has 0 bridgehead atoms. The summed E-state index contributed by atoms with van der Waals surface area (Å²) in [7, 11) is 0. The van der Waals surface area contributed by atoms with Crippen LogP contribution in [0.15, 0.2) is 42.7 Å². The van der Waals surface area contributed by atoms with Crippen molar-refractivity contribution < 1.29 is 4.74 Å². The lowest BCUT2D eigenvalue weighted by molar-refractivity contribution is 0.199. The van der Waals surface area contributed by atoms with Crippen LogP contribution in [0.5, 0.6) is 5.75 Å². The molecule has 0 aliphatic carbocycles. The predicted octanol–water partition coefficient (Wildman–Crippen LogP) is 1.67. The second-order valence-corrected chi connectivity index (χ2v) is 4.33. The lowest BCUT2D eigenvalue weighted by Gasteiger charge is -2.26. The van der Waals surface area contributed by atoms with Gasteiger partial charge in [-0.25, -0.2) is 4.98 Å². The highest BCUT2D eigenvalue weighted by molar-refractivity contribution is 5.57. The molecule has 0 saturated carbocycles. The van der Waals surface area contributed by atoms with Gasteiger partial charge >= 0.3 is 0 Å². The zero-order chi connectivity index (χ0) is 12.7. The average Bonchev–Trinajstić information content (AvgIpc) is 2.91. The van der Waals surface area contributed by atoms with Crippen LogP contribution in [0.25, 0.3) is 5.78 Å². The first-order chi connectivity index (χ1) is 9.42. The molecule has 1 aliphatic heterocycles. The van der Waals surface area contributed by atoms with E-state index in [0.717, 1.165) is 17.3 Å². The highest BCUT2D eigenvalue weighted by atomic mass is 16.5. The van der Waals surface area contributed by atoms with E-state index in [2.05, 4.69) is 20.5 Å². The van der Waals surface area contributed by atoms with Gasteiger partial charge in [-0.05, 0) is 18.2 Å². The summed E-state index contributed by atoms with van der Waals surface area (Å²) in [5.74, 6) is 2.17. The van der Waals surface area contributed by atoms with Crippen LogP contribution in [-0.2, 0) is 0 Å². The number of fused-ring (bicyclic) bond motifs is 2. The first-order valence-electron chi connectivity index (χ1n) is 6.07. The van der Waals surface area contributed by atoms with Crippen LogP contribution >= 0.6 is 0 Å². The van der Waals surface area contributed by atoms with E-state index in [1.165, 1.54) is 0 Å². The number of rotatable bonds is 1. The maximum Gasteiger partial charge on any atom is 0.255 e. The minimum Gasteiger partial charge on any atom is -0.478 e. The molecule has 0 fully saturated rings. The summed E-state index contributed by atoms with van der Waals surface area (Å²) in [4.78, 5) is 4.15. The normalized spacial score (nSPS) is 17.6. The van der Waals surface area contributed by atoms with Crippen LogP contribution in [0.4, 0.5) is 5.69 Å². The van der Waals surface area contributed by atoms with Crippen LogP contribution in [-0.4, -0.2) is 26.1 Å². The lowest BCUT2D eigenvalue weighted by atomic mass is 10.2. The Bertz CT molecular complexity index is 738. The molecule has 6 nitrogen and oxygen atoms in total. The number of ether oxygens (including phenoxy) is 1. The fourth-order valence-corrected chi connectivity index (χ4v) is 2.24. The molecule has 0 saturated heterocycles. The standard InChI is InChI=1S/C13H11N5O/c1-2-5-10-9(4-1)15-8-11(19-10)12-16-17-13-14-6-3-7-18(12)13/h1-7,11,15H,8H2. The quantitative estimate of drug-likeness (QED) is 0.714. The van der Waals surface area contributed by atoms with Crippen LogP contribution in [0.2, 0.25) is 0 Å². The van der Waals surface area contributed by atoms with E-state index in [1.807, 2.05) is 40.9 Å². The molecule has 94 valence electrons. The molecule has 1 N–H and O–H groups in total. The number of aromatic nitrogens is 4. The van der Waals surface area contributed by atoms with Gasteiger partial charge in [0.05, 0.1) is 12.2 Å². The fraction of sp³-hybridized carbons (Fsp3) is 0.154. The van der Waals surface area contributed by atoms with Gasteiger partial charge in [0.1, 0.15) is 5.75 Å². The molecule has 19 heavy (non-hydrogen) atoms. The van der Waals surface area contributed by atoms with Gasteiger partial charge in [0.15, 0.2) is 11.9 Å². The minimum atomic E-state index is -0.172. The van der Waals surface area contributed by atoms with Gasteiger partial charge in [-0.3, -0.25) is 4.40 Å². The lowest BCUT2D eigenvalue weighted by Crippen LogP contribution is -2.25. The van der Waals surface area contributed by atoms with Crippen LogP contribution < -0.4 is 10.1 Å². The van der Waals surface area contributed by atoms with Crippen molar-refractivity contribution in [1.82, 2.24) is 19.6 Å². The molecule has 3 aromatic rings. The predicted molar refractivity (Wildman–Crippen MR) is 69.1 cm³/mol. The van der Waals surface area contributed by atoms with E-state index in [4.69, 9.17) is 4.74 Å². The van der Waals surface area contributed by atoms with Crippen LogP contribution in [0.1, 0.15) is 11.9 Å². The van der Waals surface area contributed by atoms with Gasteiger partial charge in [0.2, 0.25) is 0 Å². The Hall–Kier alpha value is -2.63. The minimum absolute atomic E-state index is 0.172. The van der Waals surface area contributed by atoms with E-state index >= 15 is 0 Å². The molecule has 0 radical (unpaired) electrons. The number of para-hydroxylation sites is 2. The molecule has 6 heteroatoms. The molecule has 3 heterocycles. The summed E-state index contributed by atoms with van der Waals surface area (Å²) in [6.45, 7) is 0.659. The molecule has 2 aromatic heterocycles. The monoisotopic (exact) mass is 253 g/mol. The summed E-state index contributed by atoms with van der Waals surface area (Å²) >= 11 is 0. The summed E-state index contributed by atoms with van der Waals surface area (Å²) in [5.41, 5.74) is 1.01. The van der Waals surface area contributed by atoms with E-state index in [9.17, 15) is 0 Å². The maximum absolute atomic E-state index is 5.97. The molecule has 1 unspecified atom stereocenters. The van der Waals surface area contributed by atoms with Crippen molar-refractivity contribution in [2.24, 2.45) is 0 Å². The Labute approximate surface area is 109 Å². The average molecular weight is 253 g/mol. The Kier molecular flexibility index (Phi) is 2.14. The zero-order valence-electron chi connectivity index (χ0n) is 10.0. The molecule has 1 atom stereocenters. The molecule has 0 spiro atoms. The van der Waals surface area contributed by atoms with Crippen LogP contribution in [0, 0.1) is 0 Å². The van der Waals surface area contributed by atoms with E-state index in [1.54, 1.807) is 6.20 Å². The summed E-state index contributed by atoms with van der Waals surface area (Å²) < 4.78 is 7.82. The SMILES string of the molecule is c1ccc2c(c1)NCC(c1nnc3ncccn13)O2. The first kappa shape index (κ1) is 10.3. The molecule has 1 aromatic carbocycles. The van der Waals surface area contributed by atoms with E-state index < -0.39 is 0 Å². The van der Waals surface area contributed by atoms with Crippen molar-refractivity contribution in [3.05, 3.63) is 48.5 Å². The third-order valence-electron chi connectivity index (χ3n) is 3.14. The number of benzene rings is 1. The number of nitrogens with one attached hydrogen (secondary N) is 1.